The van der Waals surface area contributed by atoms with E-state index >= 15 is 0 Å². The molecule has 0 spiro atoms. The molecule has 21 heavy (non-hydrogen) atoms. The van der Waals surface area contributed by atoms with E-state index in [1.54, 1.807) is 6.92 Å². The van der Waals surface area contributed by atoms with Crippen molar-refractivity contribution in [3.8, 4) is 5.88 Å². The molecule has 0 aliphatic rings. The van der Waals surface area contributed by atoms with Gasteiger partial charge in [-0.3, -0.25) is 0 Å². The van der Waals surface area contributed by atoms with E-state index in [4.69, 9.17) is 10.5 Å². The number of hydrogen-bond acceptors (Lipinski definition) is 5. The van der Waals surface area contributed by atoms with Crippen LogP contribution in [0.4, 0.5) is 30.4 Å². The summed E-state index contributed by atoms with van der Waals surface area (Å²) in [5.41, 5.74) is 4.89. The molecule has 0 unspecified atom stereocenters. The van der Waals surface area contributed by atoms with Crippen LogP contribution >= 0.6 is 0 Å². The second kappa shape index (κ2) is 5.86. The van der Waals surface area contributed by atoms with Crippen LogP contribution in [0.5, 0.6) is 5.88 Å². The first-order chi connectivity index (χ1) is 9.93. The van der Waals surface area contributed by atoms with E-state index in [9.17, 15) is 13.2 Å². The molecule has 0 fully saturated rings. The number of hydrogen-bond donors (Lipinski definition) is 2. The lowest BCUT2D eigenvalue weighted by Gasteiger charge is -2.15. The van der Waals surface area contributed by atoms with Crippen LogP contribution in [-0.4, -0.2) is 16.6 Å². The van der Waals surface area contributed by atoms with Gasteiger partial charge in [-0.05, 0) is 19.1 Å². The molecule has 0 saturated heterocycles. The molecule has 2 rings (SSSR count). The minimum atomic E-state index is -4.48. The summed E-state index contributed by atoms with van der Waals surface area (Å²) in [6.07, 6.45) is -3.31. The fourth-order valence-electron chi connectivity index (χ4n) is 1.70. The maximum atomic E-state index is 12.9. The van der Waals surface area contributed by atoms with Crippen LogP contribution < -0.4 is 15.8 Å². The number of nitrogen functional groups attached to an aromatic ring is 1. The third-order valence-electron chi connectivity index (χ3n) is 2.61. The quantitative estimate of drug-likeness (QED) is 0.906. The third-order valence-corrected chi connectivity index (χ3v) is 2.61. The van der Waals surface area contributed by atoms with Crippen molar-refractivity contribution < 1.29 is 17.9 Å². The zero-order chi connectivity index (χ0) is 15.5. The van der Waals surface area contributed by atoms with Crippen molar-refractivity contribution in [2.45, 2.75) is 13.1 Å². The summed E-state index contributed by atoms with van der Waals surface area (Å²) in [6.45, 7) is 2.08. The minimum Gasteiger partial charge on any atom is -0.476 e. The van der Waals surface area contributed by atoms with Crippen LogP contribution in [0.2, 0.25) is 0 Å². The molecule has 5 nitrogen and oxygen atoms in total. The number of ether oxygens (including phenoxy) is 1. The van der Waals surface area contributed by atoms with Crippen molar-refractivity contribution in [1.82, 2.24) is 9.97 Å². The van der Waals surface area contributed by atoms with E-state index in [0.717, 1.165) is 6.07 Å². The van der Waals surface area contributed by atoms with Gasteiger partial charge in [0.05, 0.1) is 17.9 Å². The molecule has 0 amide bonds. The Morgan fingerprint density at radius 3 is 2.62 bits per heavy atom. The van der Waals surface area contributed by atoms with Gasteiger partial charge in [0.1, 0.15) is 12.0 Å². The molecule has 2 aromatic rings. The Hall–Kier alpha value is -2.51. The molecular formula is C13H13F3N4O. The van der Waals surface area contributed by atoms with Crippen molar-refractivity contribution >= 4 is 17.2 Å². The first-order valence-corrected chi connectivity index (χ1v) is 6.10. The summed E-state index contributed by atoms with van der Waals surface area (Å²) in [5.74, 6) is 0.185. The average molecular weight is 298 g/mol. The topological polar surface area (TPSA) is 73.1 Å². The minimum absolute atomic E-state index is 0.0522. The van der Waals surface area contributed by atoms with E-state index in [1.807, 2.05) is 0 Å². The van der Waals surface area contributed by atoms with Gasteiger partial charge in [-0.25, -0.2) is 4.98 Å². The zero-order valence-corrected chi connectivity index (χ0v) is 11.1. The first-order valence-electron chi connectivity index (χ1n) is 6.10. The summed E-state index contributed by atoms with van der Waals surface area (Å²) in [6, 6.07) is 5.06. The molecule has 1 aromatic heterocycles. The number of benzene rings is 1. The molecule has 0 bridgehead atoms. The summed E-state index contributed by atoms with van der Waals surface area (Å²) < 4.78 is 43.9. The van der Waals surface area contributed by atoms with Crippen LogP contribution in [0.15, 0.2) is 30.6 Å². The number of aromatic nitrogens is 2. The molecule has 8 heteroatoms. The Morgan fingerprint density at radius 2 is 1.95 bits per heavy atom. The van der Waals surface area contributed by atoms with E-state index in [0.29, 0.717) is 6.61 Å². The van der Waals surface area contributed by atoms with Gasteiger partial charge in [-0.15, -0.1) is 0 Å². The Labute approximate surface area is 119 Å². The number of nitrogens with two attached hydrogens (primary N) is 1. The predicted octanol–water partition coefficient (Wildman–Crippen LogP) is 3.22. The predicted molar refractivity (Wildman–Crippen MR) is 72.3 cm³/mol. The molecule has 0 atom stereocenters. The molecule has 0 radical (unpaired) electrons. The highest BCUT2D eigenvalue weighted by atomic mass is 19.4. The van der Waals surface area contributed by atoms with Crippen molar-refractivity contribution in [1.29, 1.82) is 0 Å². The normalized spacial score (nSPS) is 11.2. The lowest BCUT2D eigenvalue weighted by Crippen LogP contribution is -2.10. The maximum absolute atomic E-state index is 12.9. The Bertz CT molecular complexity index is 631. The van der Waals surface area contributed by atoms with E-state index in [2.05, 4.69) is 15.3 Å². The number of halogens is 3. The van der Waals surface area contributed by atoms with Gasteiger partial charge in [-0.2, -0.15) is 18.2 Å². The van der Waals surface area contributed by atoms with Crippen molar-refractivity contribution in [2.24, 2.45) is 0 Å². The Morgan fingerprint density at radius 1 is 1.24 bits per heavy atom. The van der Waals surface area contributed by atoms with Gasteiger partial charge in [0, 0.05) is 0 Å². The smallest absolute Gasteiger partial charge is 0.418 e. The number of nitrogens with one attached hydrogen (secondary N) is 1. The van der Waals surface area contributed by atoms with Gasteiger partial charge < -0.3 is 15.8 Å². The molecule has 1 heterocycles. The van der Waals surface area contributed by atoms with Gasteiger partial charge in [0.15, 0.2) is 5.82 Å². The van der Waals surface area contributed by atoms with Crippen molar-refractivity contribution in [3.05, 3.63) is 36.2 Å². The zero-order valence-electron chi connectivity index (χ0n) is 11.1. The molecule has 0 saturated carbocycles. The highest BCUT2D eigenvalue weighted by Gasteiger charge is 2.33. The van der Waals surface area contributed by atoms with Gasteiger partial charge in [0.2, 0.25) is 5.88 Å². The fourth-order valence-corrected chi connectivity index (χ4v) is 1.70. The van der Waals surface area contributed by atoms with Crippen LogP contribution in [-0.2, 0) is 6.18 Å². The second-order valence-corrected chi connectivity index (χ2v) is 4.04. The van der Waals surface area contributed by atoms with Crippen LogP contribution in [0.3, 0.4) is 0 Å². The lowest BCUT2D eigenvalue weighted by molar-refractivity contribution is -0.136. The fraction of sp³-hybridized carbons (Fsp3) is 0.231. The Kier molecular flexibility index (Phi) is 4.15. The molecule has 1 aromatic carbocycles. The third kappa shape index (κ3) is 3.33. The average Bonchev–Trinajstić information content (AvgIpc) is 2.43. The highest BCUT2D eigenvalue weighted by Crippen LogP contribution is 2.37. The highest BCUT2D eigenvalue weighted by molar-refractivity contribution is 5.73. The molecular weight excluding hydrogens is 285 g/mol. The van der Waals surface area contributed by atoms with Crippen molar-refractivity contribution in [3.63, 3.8) is 0 Å². The number of anilines is 3. The SMILES string of the molecule is CCOc1ncnc(Nc2ccccc2C(F)(F)F)c1N. The number of nitrogens with zero attached hydrogens (tertiary/aromatic N) is 2. The number of rotatable bonds is 4. The monoisotopic (exact) mass is 298 g/mol. The Balaban J connectivity index is 2.38. The van der Waals surface area contributed by atoms with Gasteiger partial charge in [-0.1, -0.05) is 12.1 Å². The summed E-state index contributed by atoms with van der Waals surface area (Å²) in [7, 11) is 0. The van der Waals surface area contributed by atoms with Crippen LogP contribution in [0, 0.1) is 0 Å². The summed E-state index contributed by atoms with van der Waals surface area (Å²) >= 11 is 0. The van der Waals surface area contributed by atoms with Crippen molar-refractivity contribution in [2.75, 3.05) is 17.7 Å². The van der Waals surface area contributed by atoms with E-state index in [-0.39, 0.29) is 23.1 Å². The second-order valence-electron chi connectivity index (χ2n) is 4.04. The largest absolute Gasteiger partial charge is 0.476 e. The van der Waals surface area contributed by atoms with Gasteiger partial charge in [0.25, 0.3) is 0 Å². The summed E-state index contributed by atoms with van der Waals surface area (Å²) in [4.78, 5) is 7.67. The first kappa shape index (κ1) is 14.9. The van der Waals surface area contributed by atoms with Gasteiger partial charge >= 0.3 is 6.18 Å². The standard InChI is InChI=1S/C13H13F3N4O/c1-2-21-12-10(17)11(18-7-19-12)20-9-6-4-3-5-8(9)13(14,15)16/h3-7H,2,17H2,1H3,(H,18,19,20). The van der Waals surface area contributed by atoms with Crippen LogP contribution in [0.1, 0.15) is 12.5 Å². The number of para-hydroxylation sites is 1. The molecule has 0 aliphatic carbocycles. The molecule has 0 aliphatic heterocycles. The van der Waals surface area contributed by atoms with E-state index in [1.165, 1.54) is 24.5 Å². The molecule has 3 N–H and O–H groups in total. The molecule has 112 valence electrons. The van der Waals surface area contributed by atoms with Crippen LogP contribution in [0.25, 0.3) is 0 Å². The lowest BCUT2D eigenvalue weighted by atomic mass is 10.1. The maximum Gasteiger partial charge on any atom is 0.418 e. The van der Waals surface area contributed by atoms with E-state index < -0.39 is 11.7 Å². The number of alkyl halides is 3. The summed E-state index contributed by atoms with van der Waals surface area (Å²) in [5, 5.41) is 2.57.